The van der Waals surface area contributed by atoms with Crippen LogP contribution >= 0.6 is 0 Å². The molecule has 222 valence electrons. The highest BCUT2D eigenvalue weighted by molar-refractivity contribution is 5.86. The van der Waals surface area contributed by atoms with Gasteiger partial charge in [0.05, 0.1) is 18.7 Å². The summed E-state index contributed by atoms with van der Waals surface area (Å²) in [4.78, 5) is 30.9. The Morgan fingerprint density at radius 1 is 0.659 bits per heavy atom. The molecular weight excluding hydrogens is 546 g/mol. The van der Waals surface area contributed by atoms with Gasteiger partial charge in [-0.3, -0.25) is 14.9 Å². The smallest absolute Gasteiger partial charge is 0.310 e. The van der Waals surface area contributed by atoms with Gasteiger partial charge < -0.3 is 9.72 Å². The Morgan fingerprint density at radius 3 is 1.45 bits per heavy atom. The summed E-state index contributed by atoms with van der Waals surface area (Å²) >= 11 is 0. The van der Waals surface area contributed by atoms with Gasteiger partial charge in [-0.05, 0) is 29.2 Å². The molecule has 1 amide bonds. The maximum atomic E-state index is 12.2. The van der Waals surface area contributed by atoms with E-state index in [0.717, 1.165) is 5.69 Å². The quantitative estimate of drug-likeness (QED) is 0.183. The number of anilines is 1. The number of esters is 1. The molecule has 0 bridgehead atoms. The number of ether oxygens (including phenoxy) is 1. The van der Waals surface area contributed by atoms with E-state index in [1.807, 2.05) is 61.7 Å². The van der Waals surface area contributed by atoms with E-state index < -0.39 is 0 Å². The molecule has 0 saturated heterocycles. The van der Waals surface area contributed by atoms with Crippen molar-refractivity contribution in [3.63, 3.8) is 0 Å². The van der Waals surface area contributed by atoms with E-state index in [9.17, 15) is 9.59 Å². The third-order valence-corrected chi connectivity index (χ3v) is 8.59. The van der Waals surface area contributed by atoms with Crippen molar-refractivity contribution in [1.29, 1.82) is 0 Å². The second kappa shape index (κ2) is 13.1. The van der Waals surface area contributed by atoms with E-state index in [1.54, 1.807) is 0 Å². The summed E-state index contributed by atoms with van der Waals surface area (Å²) in [6, 6.07) is 41.7. The molecule has 6 heteroatoms. The average Bonchev–Trinajstić information content (AvgIpc) is 3.95. The molecule has 2 aliphatic carbocycles. The molecule has 7 rings (SSSR count). The minimum absolute atomic E-state index is 0.0419. The summed E-state index contributed by atoms with van der Waals surface area (Å²) in [5.41, 5.74) is 6.19. The van der Waals surface area contributed by atoms with Gasteiger partial charge in [0.25, 0.3) is 0 Å². The van der Waals surface area contributed by atoms with Crippen LogP contribution in [-0.2, 0) is 14.3 Å². The highest BCUT2D eigenvalue weighted by Gasteiger charge is 2.57. The fourth-order valence-corrected chi connectivity index (χ4v) is 6.64. The van der Waals surface area contributed by atoms with Gasteiger partial charge in [-0.1, -0.05) is 121 Å². The lowest BCUT2D eigenvalue weighted by atomic mass is 10.0. The Morgan fingerprint density at radius 2 is 1.07 bits per heavy atom. The van der Waals surface area contributed by atoms with Crippen molar-refractivity contribution < 1.29 is 14.3 Å². The normalized spacial score (nSPS) is 23.0. The number of carbonyl (C=O) groups excluding carboxylic acids is 2. The molecule has 2 N–H and O–H groups in total. The number of rotatable bonds is 8. The zero-order valence-electron chi connectivity index (χ0n) is 25.0. The summed E-state index contributed by atoms with van der Waals surface area (Å²) in [6.45, 7) is 3.78. The SMILES string of the molecule is CC(=O)Nc1ncc(C2C(c3ccccc3)[C@@H]2c2ccccc2)[nH]1.CCOC(=O)C1C(c2ccccc2)[C@@H]1c1ccccc1. The van der Waals surface area contributed by atoms with Crippen LogP contribution in [0.25, 0.3) is 0 Å². The maximum Gasteiger partial charge on any atom is 0.310 e. The number of aromatic nitrogens is 2. The van der Waals surface area contributed by atoms with Gasteiger partial charge in [0.15, 0.2) is 0 Å². The molecule has 6 nitrogen and oxygen atoms in total. The zero-order chi connectivity index (χ0) is 30.5. The molecule has 0 radical (unpaired) electrons. The molecule has 0 spiro atoms. The predicted molar refractivity (Wildman–Crippen MR) is 172 cm³/mol. The molecule has 1 heterocycles. The number of imidazole rings is 1. The van der Waals surface area contributed by atoms with Crippen molar-refractivity contribution in [2.75, 3.05) is 11.9 Å². The standard InChI is InChI=1S/C20H19N3O.C18H18O2/c1-13(24)22-20-21-12-16(23-20)19-17(14-8-4-2-5-9-14)18(19)15-10-6-3-7-11-15;1-2-20-18(19)17-15(13-9-5-3-6-10-13)16(17)14-11-7-4-8-12-14/h2-12,17-19H,1H3,(H2,21,22,23,24);3-12,15-17H,2H2,1H3/t17-,18?,19?;15-,16?,17?/m00/s1. The number of carbonyl (C=O) groups is 2. The Bertz CT molecular complexity index is 1580. The Balaban J connectivity index is 0.000000159. The van der Waals surface area contributed by atoms with Crippen molar-refractivity contribution in [3.8, 4) is 0 Å². The van der Waals surface area contributed by atoms with Crippen LogP contribution < -0.4 is 5.32 Å². The number of nitrogens with zero attached hydrogens (tertiary/aromatic N) is 1. The minimum atomic E-state index is -0.120. The summed E-state index contributed by atoms with van der Waals surface area (Å²) in [6.07, 6.45) is 1.84. The van der Waals surface area contributed by atoms with E-state index in [2.05, 4.69) is 88.1 Å². The first-order valence-electron chi connectivity index (χ1n) is 15.3. The second-order valence-corrected chi connectivity index (χ2v) is 11.4. The lowest BCUT2D eigenvalue weighted by Gasteiger charge is -2.00. The van der Waals surface area contributed by atoms with Crippen LogP contribution in [0.1, 0.15) is 71.4 Å². The summed E-state index contributed by atoms with van der Waals surface area (Å²) in [5.74, 6) is 1.99. The number of aromatic amines is 1. The average molecular weight is 584 g/mol. The Labute approximate surface area is 258 Å². The van der Waals surface area contributed by atoms with Crippen molar-refractivity contribution in [3.05, 3.63) is 155 Å². The number of benzene rings is 4. The zero-order valence-corrected chi connectivity index (χ0v) is 25.0. The van der Waals surface area contributed by atoms with Crippen LogP contribution in [0.4, 0.5) is 5.95 Å². The second-order valence-electron chi connectivity index (χ2n) is 11.4. The van der Waals surface area contributed by atoms with E-state index >= 15 is 0 Å². The van der Waals surface area contributed by atoms with Crippen LogP contribution in [0.2, 0.25) is 0 Å². The van der Waals surface area contributed by atoms with Gasteiger partial charge in [0.2, 0.25) is 11.9 Å². The molecule has 0 aliphatic heterocycles. The van der Waals surface area contributed by atoms with Gasteiger partial charge in [0.1, 0.15) is 0 Å². The number of hydrogen-bond acceptors (Lipinski definition) is 4. The molecular formula is C38H37N3O3. The van der Waals surface area contributed by atoms with Gasteiger partial charge in [0, 0.05) is 42.2 Å². The third kappa shape index (κ3) is 6.35. The summed E-state index contributed by atoms with van der Waals surface area (Å²) < 4.78 is 5.23. The molecule has 4 aromatic carbocycles. The molecule has 1 aromatic heterocycles. The molecule has 2 saturated carbocycles. The van der Waals surface area contributed by atoms with Crippen LogP contribution in [0.5, 0.6) is 0 Å². The molecule has 4 unspecified atom stereocenters. The van der Waals surface area contributed by atoms with Crippen LogP contribution in [0, 0.1) is 5.92 Å². The van der Waals surface area contributed by atoms with E-state index in [4.69, 9.17) is 4.74 Å². The van der Waals surface area contributed by atoms with Crippen LogP contribution in [0.3, 0.4) is 0 Å². The highest BCUT2D eigenvalue weighted by Crippen LogP contribution is 2.65. The largest absolute Gasteiger partial charge is 0.466 e. The fraction of sp³-hybridized carbons (Fsp3) is 0.237. The lowest BCUT2D eigenvalue weighted by molar-refractivity contribution is -0.144. The van der Waals surface area contributed by atoms with E-state index in [0.29, 0.717) is 30.3 Å². The topological polar surface area (TPSA) is 84.1 Å². The first-order valence-corrected chi connectivity index (χ1v) is 15.3. The third-order valence-electron chi connectivity index (χ3n) is 8.59. The number of hydrogen-bond donors (Lipinski definition) is 2. The minimum Gasteiger partial charge on any atom is -0.466 e. The van der Waals surface area contributed by atoms with Crippen molar-refractivity contribution in [2.24, 2.45) is 5.92 Å². The van der Waals surface area contributed by atoms with Gasteiger partial charge >= 0.3 is 5.97 Å². The molecule has 2 fully saturated rings. The Hall–Kier alpha value is -4.97. The number of nitrogens with one attached hydrogen (secondary N) is 2. The van der Waals surface area contributed by atoms with Gasteiger partial charge in [-0.25, -0.2) is 4.98 Å². The van der Waals surface area contributed by atoms with Gasteiger partial charge in [-0.15, -0.1) is 0 Å². The van der Waals surface area contributed by atoms with E-state index in [1.165, 1.54) is 29.2 Å². The number of amides is 1. The predicted octanol–water partition coefficient (Wildman–Crippen LogP) is 7.78. The molecule has 6 atom stereocenters. The van der Waals surface area contributed by atoms with Crippen molar-refractivity contribution in [1.82, 2.24) is 9.97 Å². The summed E-state index contributed by atoms with van der Waals surface area (Å²) in [5, 5.41) is 2.71. The first-order chi connectivity index (χ1) is 21.6. The maximum absolute atomic E-state index is 12.2. The molecule has 44 heavy (non-hydrogen) atoms. The highest BCUT2D eigenvalue weighted by atomic mass is 16.5. The lowest BCUT2D eigenvalue weighted by Crippen LogP contribution is -2.08. The van der Waals surface area contributed by atoms with Crippen molar-refractivity contribution >= 4 is 17.8 Å². The molecule has 2 aliphatic rings. The Kier molecular flexibility index (Phi) is 8.69. The monoisotopic (exact) mass is 583 g/mol. The van der Waals surface area contributed by atoms with E-state index in [-0.39, 0.29) is 29.6 Å². The fourth-order valence-electron chi connectivity index (χ4n) is 6.64. The van der Waals surface area contributed by atoms with Gasteiger partial charge in [-0.2, -0.15) is 0 Å². The van der Waals surface area contributed by atoms with Crippen molar-refractivity contribution in [2.45, 2.75) is 43.4 Å². The van der Waals surface area contributed by atoms with Crippen LogP contribution in [-0.4, -0.2) is 28.5 Å². The molecule has 5 aromatic rings. The summed E-state index contributed by atoms with van der Waals surface area (Å²) in [7, 11) is 0. The van der Waals surface area contributed by atoms with Crippen LogP contribution in [0.15, 0.2) is 128 Å². The number of H-pyrrole nitrogens is 1. The first kappa shape index (κ1) is 29.1.